The molecule has 1 aliphatic rings. The van der Waals surface area contributed by atoms with Crippen molar-refractivity contribution in [3.8, 4) is 11.3 Å². The third-order valence-corrected chi connectivity index (χ3v) is 6.51. The van der Waals surface area contributed by atoms with Gasteiger partial charge in [-0.15, -0.1) is 11.3 Å². The molecule has 0 N–H and O–H groups in total. The molecule has 0 saturated carbocycles. The van der Waals surface area contributed by atoms with Gasteiger partial charge in [-0.1, -0.05) is 6.92 Å². The molecule has 1 unspecified atom stereocenters. The Balaban J connectivity index is 1.55. The van der Waals surface area contributed by atoms with Crippen LogP contribution in [0.2, 0.25) is 0 Å². The SMILES string of the molecule is CC(c1nccs1)c1cc(-c2ncnc3cc(N4CCOCC4)ccc23)ccc1F. The molecule has 0 aliphatic carbocycles. The van der Waals surface area contributed by atoms with Crippen LogP contribution in [0.3, 0.4) is 0 Å². The fourth-order valence-corrected chi connectivity index (χ4v) is 4.61. The van der Waals surface area contributed by atoms with E-state index in [0.29, 0.717) is 5.56 Å². The number of fused-ring (bicyclic) bond motifs is 1. The Morgan fingerprint density at radius 1 is 1.07 bits per heavy atom. The molecule has 1 saturated heterocycles. The van der Waals surface area contributed by atoms with Gasteiger partial charge < -0.3 is 9.64 Å². The smallest absolute Gasteiger partial charge is 0.127 e. The Morgan fingerprint density at radius 3 is 2.73 bits per heavy atom. The van der Waals surface area contributed by atoms with Crippen LogP contribution in [0.5, 0.6) is 0 Å². The van der Waals surface area contributed by atoms with Gasteiger partial charge in [-0.25, -0.2) is 19.3 Å². The number of hydrogen-bond donors (Lipinski definition) is 0. The maximum absolute atomic E-state index is 14.6. The minimum absolute atomic E-state index is 0.119. The Labute approximate surface area is 178 Å². The van der Waals surface area contributed by atoms with Crippen molar-refractivity contribution in [1.82, 2.24) is 15.0 Å². The normalized spacial score (nSPS) is 15.5. The van der Waals surface area contributed by atoms with Crippen LogP contribution in [-0.2, 0) is 4.74 Å². The summed E-state index contributed by atoms with van der Waals surface area (Å²) < 4.78 is 20.1. The van der Waals surface area contributed by atoms with Crippen molar-refractivity contribution in [2.45, 2.75) is 12.8 Å². The molecule has 0 bridgehead atoms. The number of benzene rings is 2. The first kappa shape index (κ1) is 19.1. The van der Waals surface area contributed by atoms with Crippen molar-refractivity contribution in [2.75, 3.05) is 31.2 Å². The minimum Gasteiger partial charge on any atom is -0.378 e. The van der Waals surface area contributed by atoms with Gasteiger partial charge in [-0.2, -0.15) is 0 Å². The van der Waals surface area contributed by atoms with E-state index in [0.717, 1.165) is 59.2 Å². The predicted octanol–water partition coefficient (Wildman–Crippen LogP) is 4.88. The third kappa shape index (κ3) is 3.55. The molecular formula is C23H21FN4OS. The van der Waals surface area contributed by atoms with Gasteiger partial charge >= 0.3 is 0 Å². The fourth-order valence-electron chi connectivity index (χ4n) is 3.90. The highest BCUT2D eigenvalue weighted by Gasteiger charge is 2.18. The van der Waals surface area contributed by atoms with E-state index < -0.39 is 0 Å². The summed E-state index contributed by atoms with van der Waals surface area (Å²) in [7, 11) is 0. The summed E-state index contributed by atoms with van der Waals surface area (Å²) in [5.74, 6) is -0.347. The van der Waals surface area contributed by atoms with Crippen LogP contribution >= 0.6 is 11.3 Å². The van der Waals surface area contributed by atoms with Crippen molar-refractivity contribution in [3.05, 3.63) is 70.7 Å². The number of anilines is 1. The Hall–Kier alpha value is -2.90. The molecule has 1 fully saturated rings. The van der Waals surface area contributed by atoms with Gasteiger partial charge in [0.2, 0.25) is 0 Å². The average Bonchev–Trinajstić information content (AvgIpc) is 3.34. The fraction of sp³-hybridized carbons (Fsp3) is 0.261. The zero-order chi connectivity index (χ0) is 20.5. The summed E-state index contributed by atoms with van der Waals surface area (Å²) in [6.07, 6.45) is 3.33. The van der Waals surface area contributed by atoms with Crippen molar-refractivity contribution in [1.29, 1.82) is 0 Å². The Morgan fingerprint density at radius 2 is 1.93 bits per heavy atom. The van der Waals surface area contributed by atoms with Crippen LogP contribution in [0.4, 0.5) is 10.1 Å². The highest BCUT2D eigenvalue weighted by atomic mass is 32.1. The molecule has 7 heteroatoms. The van der Waals surface area contributed by atoms with E-state index in [9.17, 15) is 4.39 Å². The van der Waals surface area contributed by atoms with Crippen molar-refractivity contribution < 1.29 is 9.13 Å². The molecule has 1 atom stereocenters. The molecule has 5 nitrogen and oxygen atoms in total. The zero-order valence-electron chi connectivity index (χ0n) is 16.6. The van der Waals surface area contributed by atoms with Crippen LogP contribution < -0.4 is 4.90 Å². The molecule has 2 aromatic carbocycles. The topological polar surface area (TPSA) is 51.1 Å². The number of hydrogen-bond acceptors (Lipinski definition) is 6. The largest absolute Gasteiger partial charge is 0.378 e. The lowest BCUT2D eigenvalue weighted by Gasteiger charge is -2.29. The van der Waals surface area contributed by atoms with Crippen molar-refractivity contribution in [2.24, 2.45) is 0 Å². The van der Waals surface area contributed by atoms with Gasteiger partial charge in [0.1, 0.15) is 12.1 Å². The highest BCUT2D eigenvalue weighted by molar-refractivity contribution is 7.09. The highest BCUT2D eigenvalue weighted by Crippen LogP contribution is 2.33. The van der Waals surface area contributed by atoms with Gasteiger partial charge in [0.05, 0.1) is 29.4 Å². The van der Waals surface area contributed by atoms with Gasteiger partial charge in [-0.3, -0.25) is 0 Å². The summed E-state index contributed by atoms with van der Waals surface area (Å²) in [5, 5.41) is 3.76. The minimum atomic E-state index is -0.227. The van der Waals surface area contributed by atoms with E-state index in [1.54, 1.807) is 18.6 Å². The number of morpholine rings is 1. The summed E-state index contributed by atoms with van der Waals surface area (Å²) in [5.41, 5.74) is 4.32. The molecule has 4 aromatic rings. The number of aromatic nitrogens is 3. The summed E-state index contributed by atoms with van der Waals surface area (Å²) in [6, 6.07) is 11.4. The standard InChI is InChI=1S/C23H21FN4OS/c1-15(23-25-6-11-30-23)19-12-16(2-5-20(19)24)22-18-4-3-17(13-21(18)26-14-27-22)28-7-9-29-10-8-28/h2-6,11-15H,7-10H2,1H3. The van der Waals surface area contributed by atoms with Gasteiger partial charge in [0.15, 0.2) is 0 Å². The molecule has 5 rings (SSSR count). The Bertz CT molecular complexity index is 1180. The first-order valence-electron chi connectivity index (χ1n) is 9.97. The lowest BCUT2D eigenvalue weighted by atomic mass is 9.96. The molecule has 152 valence electrons. The van der Waals surface area contributed by atoms with Crippen molar-refractivity contribution >= 4 is 27.9 Å². The van der Waals surface area contributed by atoms with Crippen LogP contribution in [0.25, 0.3) is 22.2 Å². The predicted molar refractivity (Wildman–Crippen MR) is 118 cm³/mol. The number of halogens is 1. The van der Waals surface area contributed by atoms with E-state index in [2.05, 4.69) is 38.1 Å². The molecule has 0 radical (unpaired) electrons. The molecule has 30 heavy (non-hydrogen) atoms. The van der Waals surface area contributed by atoms with Gasteiger partial charge in [-0.05, 0) is 42.0 Å². The molecular weight excluding hydrogens is 399 g/mol. The maximum Gasteiger partial charge on any atom is 0.127 e. The first-order valence-corrected chi connectivity index (χ1v) is 10.9. The van der Waals surface area contributed by atoms with Crippen molar-refractivity contribution in [3.63, 3.8) is 0 Å². The number of rotatable bonds is 4. The molecule has 0 spiro atoms. The van der Waals surface area contributed by atoms with Gasteiger partial charge in [0, 0.05) is 47.2 Å². The lowest BCUT2D eigenvalue weighted by molar-refractivity contribution is 0.122. The van der Waals surface area contributed by atoms with E-state index in [1.807, 2.05) is 18.4 Å². The third-order valence-electron chi connectivity index (χ3n) is 5.55. The number of ether oxygens (including phenoxy) is 1. The monoisotopic (exact) mass is 420 g/mol. The van der Waals surface area contributed by atoms with Crippen LogP contribution in [0, 0.1) is 5.82 Å². The molecule has 1 aliphatic heterocycles. The van der Waals surface area contributed by atoms with Gasteiger partial charge in [0.25, 0.3) is 0 Å². The Kier molecular flexibility index (Phi) is 5.14. The maximum atomic E-state index is 14.6. The van der Waals surface area contributed by atoms with E-state index >= 15 is 0 Å². The second-order valence-electron chi connectivity index (χ2n) is 7.35. The molecule has 2 aromatic heterocycles. The van der Waals surface area contributed by atoms with Crippen LogP contribution in [0.15, 0.2) is 54.3 Å². The van der Waals surface area contributed by atoms with E-state index in [-0.39, 0.29) is 11.7 Å². The molecule has 3 heterocycles. The molecule has 0 amide bonds. The van der Waals surface area contributed by atoms with Crippen LogP contribution in [-0.4, -0.2) is 41.3 Å². The summed E-state index contributed by atoms with van der Waals surface area (Å²) >= 11 is 1.54. The van der Waals surface area contributed by atoms with Crippen LogP contribution in [0.1, 0.15) is 23.4 Å². The average molecular weight is 421 g/mol. The second kappa shape index (κ2) is 8.08. The second-order valence-corrected chi connectivity index (χ2v) is 8.28. The quantitative estimate of drug-likeness (QED) is 0.471. The first-order chi connectivity index (χ1) is 14.7. The van der Waals surface area contributed by atoms with E-state index in [1.165, 1.54) is 17.4 Å². The number of nitrogens with zero attached hydrogens (tertiary/aromatic N) is 4. The summed E-state index contributed by atoms with van der Waals surface area (Å²) in [6.45, 7) is 5.21. The summed E-state index contributed by atoms with van der Waals surface area (Å²) in [4.78, 5) is 15.7. The zero-order valence-corrected chi connectivity index (χ0v) is 17.4. The number of thiazole rings is 1. The van der Waals surface area contributed by atoms with E-state index in [4.69, 9.17) is 4.74 Å². The lowest BCUT2D eigenvalue weighted by Crippen LogP contribution is -2.36.